The highest BCUT2D eigenvalue weighted by atomic mass is 32.2. The Morgan fingerprint density at radius 3 is 2.90 bits per heavy atom. The minimum atomic E-state index is -0.671. The van der Waals surface area contributed by atoms with E-state index in [0.717, 1.165) is 23.9 Å². The average Bonchev–Trinajstić information content (AvgIpc) is 2.62. The van der Waals surface area contributed by atoms with E-state index < -0.39 is 11.6 Å². The molecule has 0 spiro atoms. The number of nitrogens with zero attached hydrogens (tertiary/aromatic N) is 1. The molecule has 0 saturated carbocycles. The van der Waals surface area contributed by atoms with Crippen molar-refractivity contribution < 1.29 is 18.4 Å². The van der Waals surface area contributed by atoms with Gasteiger partial charge >= 0.3 is 0 Å². The zero-order chi connectivity index (χ0) is 14.5. The van der Waals surface area contributed by atoms with Crippen molar-refractivity contribution in [3.63, 3.8) is 0 Å². The summed E-state index contributed by atoms with van der Waals surface area (Å²) in [6.07, 6.45) is 0.279. The van der Waals surface area contributed by atoms with Gasteiger partial charge in [0.15, 0.2) is 0 Å². The van der Waals surface area contributed by atoms with E-state index in [9.17, 15) is 18.4 Å². The van der Waals surface area contributed by atoms with E-state index in [2.05, 4.69) is 5.32 Å². The minimum Gasteiger partial charge on any atom is -0.354 e. The summed E-state index contributed by atoms with van der Waals surface area (Å²) in [7, 11) is 0. The number of thioether (sulfide) groups is 1. The normalized spacial score (nSPS) is 15.7. The van der Waals surface area contributed by atoms with Gasteiger partial charge in [0.2, 0.25) is 11.8 Å². The standard InChI is InChI=1S/C13H14F2N2O2S/c14-9-1-2-11(10(15)7-9)20-8-13(19)17-5-3-12(18)16-4-6-17/h1-2,7H,3-6,8H2,(H,16,18). The van der Waals surface area contributed by atoms with Crippen LogP contribution in [-0.2, 0) is 9.59 Å². The zero-order valence-electron chi connectivity index (χ0n) is 10.7. The molecule has 1 aliphatic rings. The van der Waals surface area contributed by atoms with Crippen LogP contribution in [0, 0.1) is 11.6 Å². The van der Waals surface area contributed by atoms with Crippen LogP contribution in [0.5, 0.6) is 0 Å². The fourth-order valence-electron chi connectivity index (χ4n) is 1.84. The Hall–Kier alpha value is -1.63. The largest absolute Gasteiger partial charge is 0.354 e. The van der Waals surface area contributed by atoms with Gasteiger partial charge in [-0.05, 0) is 12.1 Å². The molecule has 0 radical (unpaired) electrons. The summed E-state index contributed by atoms with van der Waals surface area (Å²) < 4.78 is 26.2. The molecule has 1 N–H and O–H groups in total. The van der Waals surface area contributed by atoms with Gasteiger partial charge in [-0.2, -0.15) is 0 Å². The van der Waals surface area contributed by atoms with Crippen molar-refractivity contribution in [3.8, 4) is 0 Å². The maximum Gasteiger partial charge on any atom is 0.233 e. The molecule has 1 aromatic rings. The van der Waals surface area contributed by atoms with Crippen molar-refractivity contribution in [1.29, 1.82) is 0 Å². The van der Waals surface area contributed by atoms with Crippen LogP contribution in [0.2, 0.25) is 0 Å². The number of hydrogen-bond acceptors (Lipinski definition) is 3. The van der Waals surface area contributed by atoms with Crippen molar-refractivity contribution in [2.45, 2.75) is 11.3 Å². The summed E-state index contributed by atoms with van der Waals surface area (Å²) in [5.74, 6) is -1.48. The van der Waals surface area contributed by atoms with Crippen LogP contribution in [0.3, 0.4) is 0 Å². The van der Waals surface area contributed by atoms with E-state index in [1.807, 2.05) is 0 Å². The van der Waals surface area contributed by atoms with Crippen LogP contribution in [0.25, 0.3) is 0 Å². The fourth-order valence-corrected chi connectivity index (χ4v) is 2.66. The number of carbonyl (C=O) groups excluding carboxylic acids is 2. The molecule has 2 amide bonds. The number of hydrogen-bond donors (Lipinski definition) is 1. The predicted octanol–water partition coefficient (Wildman–Crippen LogP) is 1.41. The van der Waals surface area contributed by atoms with Gasteiger partial charge in [-0.25, -0.2) is 8.78 Å². The third kappa shape index (κ3) is 3.93. The molecule has 2 rings (SSSR count). The summed E-state index contributed by atoms with van der Waals surface area (Å²) in [5, 5.41) is 2.68. The molecule has 4 nitrogen and oxygen atoms in total. The molecule has 0 atom stereocenters. The molecule has 20 heavy (non-hydrogen) atoms. The van der Waals surface area contributed by atoms with Crippen LogP contribution in [0.15, 0.2) is 23.1 Å². The van der Waals surface area contributed by atoms with E-state index in [4.69, 9.17) is 0 Å². The van der Waals surface area contributed by atoms with Crippen LogP contribution in [0.4, 0.5) is 8.78 Å². The second kappa shape index (κ2) is 6.69. The van der Waals surface area contributed by atoms with Gasteiger partial charge in [-0.15, -0.1) is 11.8 Å². The Balaban J connectivity index is 1.89. The topological polar surface area (TPSA) is 49.4 Å². The van der Waals surface area contributed by atoms with Gasteiger partial charge in [0.25, 0.3) is 0 Å². The van der Waals surface area contributed by atoms with Gasteiger partial charge in [-0.3, -0.25) is 9.59 Å². The van der Waals surface area contributed by atoms with Gasteiger partial charge in [0.05, 0.1) is 5.75 Å². The number of benzene rings is 1. The number of halogens is 2. The van der Waals surface area contributed by atoms with Crippen LogP contribution in [-0.4, -0.2) is 42.1 Å². The van der Waals surface area contributed by atoms with Gasteiger partial charge in [-0.1, -0.05) is 0 Å². The summed E-state index contributed by atoms with van der Waals surface area (Å²) in [4.78, 5) is 25.0. The SMILES string of the molecule is O=C1CCN(C(=O)CSc2ccc(F)cc2F)CCN1. The Morgan fingerprint density at radius 2 is 2.15 bits per heavy atom. The van der Waals surface area contributed by atoms with Gasteiger partial charge < -0.3 is 10.2 Å². The molecular formula is C13H14F2N2O2S. The van der Waals surface area contributed by atoms with E-state index in [-0.39, 0.29) is 28.9 Å². The van der Waals surface area contributed by atoms with Gasteiger partial charge in [0.1, 0.15) is 11.6 Å². The number of amides is 2. The first-order chi connectivity index (χ1) is 9.56. The molecule has 0 unspecified atom stereocenters. The smallest absolute Gasteiger partial charge is 0.233 e. The van der Waals surface area contributed by atoms with E-state index in [0.29, 0.717) is 19.6 Å². The second-order valence-corrected chi connectivity index (χ2v) is 5.36. The fraction of sp³-hybridized carbons (Fsp3) is 0.385. The first kappa shape index (κ1) is 14.8. The monoisotopic (exact) mass is 300 g/mol. The highest BCUT2D eigenvalue weighted by molar-refractivity contribution is 8.00. The lowest BCUT2D eigenvalue weighted by molar-refractivity contribution is -0.128. The van der Waals surface area contributed by atoms with E-state index in [1.54, 1.807) is 4.90 Å². The number of rotatable bonds is 3. The quantitative estimate of drug-likeness (QED) is 0.859. The Kier molecular flexibility index (Phi) is 4.94. The Morgan fingerprint density at radius 1 is 1.35 bits per heavy atom. The zero-order valence-corrected chi connectivity index (χ0v) is 11.5. The maximum absolute atomic E-state index is 13.4. The first-order valence-electron chi connectivity index (χ1n) is 6.18. The van der Waals surface area contributed by atoms with Crippen molar-refractivity contribution in [2.24, 2.45) is 0 Å². The number of carbonyl (C=O) groups is 2. The maximum atomic E-state index is 13.4. The lowest BCUT2D eigenvalue weighted by Gasteiger charge is -2.19. The predicted molar refractivity (Wildman–Crippen MR) is 71.3 cm³/mol. The molecule has 1 saturated heterocycles. The van der Waals surface area contributed by atoms with Crippen LogP contribution >= 0.6 is 11.8 Å². The Bertz CT molecular complexity index is 525. The Labute approximate surface area is 119 Å². The summed E-state index contributed by atoms with van der Waals surface area (Å²) in [6, 6.07) is 3.27. The van der Waals surface area contributed by atoms with E-state index >= 15 is 0 Å². The van der Waals surface area contributed by atoms with E-state index in [1.165, 1.54) is 6.07 Å². The second-order valence-electron chi connectivity index (χ2n) is 4.34. The number of nitrogens with one attached hydrogen (secondary N) is 1. The third-order valence-corrected chi connectivity index (χ3v) is 3.94. The molecule has 1 aliphatic heterocycles. The first-order valence-corrected chi connectivity index (χ1v) is 7.17. The molecule has 1 aromatic carbocycles. The molecule has 0 aliphatic carbocycles. The van der Waals surface area contributed by atoms with Crippen molar-refractivity contribution in [1.82, 2.24) is 10.2 Å². The molecule has 7 heteroatoms. The molecular weight excluding hydrogens is 286 g/mol. The van der Waals surface area contributed by atoms with Crippen LogP contribution in [0.1, 0.15) is 6.42 Å². The summed E-state index contributed by atoms with van der Waals surface area (Å²) >= 11 is 1.03. The third-order valence-electron chi connectivity index (χ3n) is 2.91. The highest BCUT2D eigenvalue weighted by Crippen LogP contribution is 2.22. The summed E-state index contributed by atoms with van der Waals surface area (Å²) in [5.41, 5.74) is 0. The lowest BCUT2D eigenvalue weighted by atomic mass is 10.3. The molecule has 1 fully saturated rings. The molecule has 0 bridgehead atoms. The summed E-state index contributed by atoms with van der Waals surface area (Å²) in [6.45, 7) is 1.26. The van der Waals surface area contributed by atoms with Crippen LogP contribution < -0.4 is 5.32 Å². The van der Waals surface area contributed by atoms with Crippen molar-refractivity contribution in [2.75, 3.05) is 25.4 Å². The lowest BCUT2D eigenvalue weighted by Crippen LogP contribution is -2.35. The molecule has 108 valence electrons. The molecule has 1 heterocycles. The average molecular weight is 300 g/mol. The molecule has 0 aromatic heterocycles. The van der Waals surface area contributed by atoms with Gasteiger partial charge in [0, 0.05) is 37.0 Å². The van der Waals surface area contributed by atoms with Crippen molar-refractivity contribution >= 4 is 23.6 Å². The highest BCUT2D eigenvalue weighted by Gasteiger charge is 2.18. The minimum absolute atomic E-state index is 0.0662. The van der Waals surface area contributed by atoms with Crippen molar-refractivity contribution in [3.05, 3.63) is 29.8 Å².